The molecular weight excluding hydrogens is 320 g/mol. The largest absolute Gasteiger partial charge is 0.493 e. The SMILES string of the molecule is CCOC(=O)/C(C#N)=C/c1ccc(OCc2ccncc2)c(OC)c1. The van der Waals surface area contributed by atoms with Gasteiger partial charge in [-0.1, -0.05) is 6.07 Å². The molecule has 0 saturated heterocycles. The first-order chi connectivity index (χ1) is 12.2. The first kappa shape index (κ1) is 18.0. The Kier molecular flexibility index (Phi) is 6.55. The van der Waals surface area contributed by atoms with Crippen LogP contribution in [0.15, 0.2) is 48.3 Å². The number of hydrogen-bond donors (Lipinski definition) is 0. The molecule has 0 fully saturated rings. The minimum Gasteiger partial charge on any atom is -0.493 e. The third kappa shape index (κ3) is 5.08. The van der Waals surface area contributed by atoms with Gasteiger partial charge in [0.25, 0.3) is 0 Å². The van der Waals surface area contributed by atoms with Gasteiger partial charge in [0.2, 0.25) is 0 Å². The third-order valence-electron chi connectivity index (χ3n) is 3.26. The minimum atomic E-state index is -0.651. The normalized spacial score (nSPS) is 10.7. The number of aromatic nitrogens is 1. The zero-order valence-electron chi connectivity index (χ0n) is 14.1. The van der Waals surface area contributed by atoms with Gasteiger partial charge in [0.1, 0.15) is 18.2 Å². The number of rotatable bonds is 7. The monoisotopic (exact) mass is 338 g/mol. The second kappa shape index (κ2) is 9.08. The third-order valence-corrected chi connectivity index (χ3v) is 3.26. The van der Waals surface area contributed by atoms with E-state index in [-0.39, 0.29) is 12.2 Å². The molecule has 0 atom stereocenters. The van der Waals surface area contributed by atoms with E-state index >= 15 is 0 Å². The van der Waals surface area contributed by atoms with Gasteiger partial charge in [-0.2, -0.15) is 5.26 Å². The lowest BCUT2D eigenvalue weighted by Crippen LogP contribution is -2.06. The summed E-state index contributed by atoms with van der Waals surface area (Å²) in [5.74, 6) is 0.414. The molecule has 6 nitrogen and oxygen atoms in total. The van der Waals surface area contributed by atoms with Gasteiger partial charge in [-0.3, -0.25) is 4.98 Å². The summed E-state index contributed by atoms with van der Waals surface area (Å²) in [7, 11) is 1.53. The number of hydrogen-bond acceptors (Lipinski definition) is 6. The van der Waals surface area contributed by atoms with Crippen LogP contribution in [0, 0.1) is 11.3 Å². The van der Waals surface area contributed by atoms with Gasteiger partial charge in [-0.15, -0.1) is 0 Å². The van der Waals surface area contributed by atoms with Crippen LogP contribution in [0.25, 0.3) is 6.08 Å². The maximum atomic E-state index is 11.7. The molecule has 128 valence electrons. The maximum Gasteiger partial charge on any atom is 0.348 e. The highest BCUT2D eigenvalue weighted by molar-refractivity contribution is 5.97. The van der Waals surface area contributed by atoms with E-state index in [2.05, 4.69) is 4.98 Å². The van der Waals surface area contributed by atoms with Crippen LogP contribution in [-0.4, -0.2) is 24.7 Å². The van der Waals surface area contributed by atoms with Crippen LogP contribution in [0.1, 0.15) is 18.1 Å². The van der Waals surface area contributed by atoms with Crippen LogP contribution in [0.2, 0.25) is 0 Å². The molecule has 0 aliphatic rings. The predicted molar refractivity (Wildman–Crippen MR) is 91.8 cm³/mol. The molecule has 25 heavy (non-hydrogen) atoms. The lowest BCUT2D eigenvalue weighted by molar-refractivity contribution is -0.137. The summed E-state index contributed by atoms with van der Waals surface area (Å²) in [6, 6.07) is 10.7. The zero-order valence-corrected chi connectivity index (χ0v) is 14.1. The van der Waals surface area contributed by atoms with E-state index in [9.17, 15) is 4.79 Å². The second-order valence-corrected chi connectivity index (χ2v) is 4.94. The highest BCUT2D eigenvalue weighted by atomic mass is 16.5. The van der Waals surface area contributed by atoms with Gasteiger partial charge in [0.05, 0.1) is 13.7 Å². The van der Waals surface area contributed by atoms with Crippen molar-refractivity contribution >= 4 is 12.0 Å². The van der Waals surface area contributed by atoms with Crippen LogP contribution < -0.4 is 9.47 Å². The molecule has 2 aromatic rings. The van der Waals surface area contributed by atoms with Crippen molar-refractivity contribution in [3.8, 4) is 17.6 Å². The summed E-state index contributed by atoms with van der Waals surface area (Å²) in [5, 5.41) is 9.10. The van der Waals surface area contributed by atoms with E-state index in [1.807, 2.05) is 18.2 Å². The first-order valence-electron chi connectivity index (χ1n) is 7.66. The Bertz CT molecular complexity index is 795. The Morgan fingerprint density at radius 3 is 2.64 bits per heavy atom. The Hall–Kier alpha value is -3.33. The topological polar surface area (TPSA) is 81.4 Å². The number of ether oxygens (including phenoxy) is 3. The fourth-order valence-corrected chi connectivity index (χ4v) is 2.05. The molecular formula is C19H18N2O4. The Balaban J connectivity index is 2.18. The van der Waals surface area contributed by atoms with E-state index < -0.39 is 5.97 Å². The molecule has 0 radical (unpaired) electrons. The van der Waals surface area contributed by atoms with Crippen molar-refractivity contribution in [1.82, 2.24) is 4.98 Å². The molecule has 0 N–H and O–H groups in total. The Morgan fingerprint density at radius 1 is 1.24 bits per heavy atom. The van der Waals surface area contributed by atoms with Crippen molar-refractivity contribution < 1.29 is 19.0 Å². The molecule has 1 aromatic heterocycles. The number of methoxy groups -OCH3 is 1. The van der Waals surface area contributed by atoms with Gasteiger partial charge in [-0.05, 0) is 48.4 Å². The summed E-state index contributed by atoms with van der Waals surface area (Å²) in [6.07, 6.45) is 4.85. The number of esters is 1. The van der Waals surface area contributed by atoms with Crippen LogP contribution in [0.4, 0.5) is 0 Å². The molecule has 0 aliphatic carbocycles. The highest BCUT2D eigenvalue weighted by Gasteiger charge is 2.11. The summed E-state index contributed by atoms with van der Waals surface area (Å²) >= 11 is 0. The van der Waals surface area contributed by atoms with E-state index in [0.29, 0.717) is 23.7 Å². The molecule has 6 heteroatoms. The van der Waals surface area contributed by atoms with E-state index in [1.165, 1.54) is 13.2 Å². The van der Waals surface area contributed by atoms with Crippen molar-refractivity contribution in [3.63, 3.8) is 0 Å². The number of carbonyl (C=O) groups excluding carboxylic acids is 1. The smallest absolute Gasteiger partial charge is 0.348 e. The summed E-state index contributed by atoms with van der Waals surface area (Å²) in [6.45, 7) is 2.27. The van der Waals surface area contributed by atoms with E-state index in [4.69, 9.17) is 19.5 Å². The summed E-state index contributed by atoms with van der Waals surface area (Å²) in [5.41, 5.74) is 1.54. The number of benzene rings is 1. The van der Waals surface area contributed by atoms with Gasteiger partial charge < -0.3 is 14.2 Å². The average Bonchev–Trinajstić information content (AvgIpc) is 2.65. The van der Waals surface area contributed by atoms with Crippen LogP contribution in [-0.2, 0) is 16.1 Å². The van der Waals surface area contributed by atoms with Crippen molar-refractivity contribution in [2.24, 2.45) is 0 Å². The van der Waals surface area contributed by atoms with Gasteiger partial charge in [0, 0.05) is 12.4 Å². The van der Waals surface area contributed by atoms with Crippen LogP contribution in [0.5, 0.6) is 11.5 Å². The summed E-state index contributed by atoms with van der Waals surface area (Å²) in [4.78, 5) is 15.6. The average molecular weight is 338 g/mol. The zero-order chi connectivity index (χ0) is 18.1. The molecule has 0 aliphatic heterocycles. The lowest BCUT2D eigenvalue weighted by Gasteiger charge is -2.11. The summed E-state index contributed by atoms with van der Waals surface area (Å²) < 4.78 is 15.9. The van der Waals surface area contributed by atoms with E-state index in [1.54, 1.807) is 37.5 Å². The molecule has 0 amide bonds. The van der Waals surface area contributed by atoms with E-state index in [0.717, 1.165) is 5.56 Å². The molecule has 1 heterocycles. The molecule has 0 unspecified atom stereocenters. The standard InChI is InChI=1S/C19H18N2O4/c1-3-24-19(22)16(12-20)10-15-4-5-17(18(11-15)23-2)25-13-14-6-8-21-9-7-14/h4-11H,3,13H2,1-2H3/b16-10+. The van der Waals surface area contributed by atoms with Crippen LogP contribution >= 0.6 is 0 Å². The minimum absolute atomic E-state index is 0.0747. The lowest BCUT2D eigenvalue weighted by atomic mass is 10.1. The number of carbonyl (C=O) groups is 1. The first-order valence-corrected chi connectivity index (χ1v) is 7.66. The van der Waals surface area contributed by atoms with Gasteiger partial charge >= 0.3 is 5.97 Å². The fourth-order valence-electron chi connectivity index (χ4n) is 2.05. The van der Waals surface area contributed by atoms with Crippen molar-refractivity contribution in [2.45, 2.75) is 13.5 Å². The molecule has 0 bridgehead atoms. The Morgan fingerprint density at radius 2 is 2.00 bits per heavy atom. The van der Waals surface area contributed by atoms with Crippen LogP contribution in [0.3, 0.4) is 0 Å². The molecule has 1 aromatic carbocycles. The van der Waals surface area contributed by atoms with Gasteiger partial charge in [0.15, 0.2) is 11.5 Å². The fraction of sp³-hybridized carbons (Fsp3) is 0.211. The molecule has 0 saturated carbocycles. The molecule has 2 rings (SSSR count). The number of pyridine rings is 1. The van der Waals surface area contributed by atoms with Crippen molar-refractivity contribution in [1.29, 1.82) is 5.26 Å². The van der Waals surface area contributed by atoms with Crippen molar-refractivity contribution in [3.05, 3.63) is 59.4 Å². The second-order valence-electron chi connectivity index (χ2n) is 4.94. The predicted octanol–water partition coefficient (Wildman–Crippen LogP) is 3.14. The maximum absolute atomic E-state index is 11.7. The quantitative estimate of drug-likeness (QED) is 0.438. The number of nitrogens with zero attached hydrogens (tertiary/aromatic N) is 2. The molecule has 0 spiro atoms. The van der Waals surface area contributed by atoms with Gasteiger partial charge in [-0.25, -0.2) is 4.79 Å². The Labute approximate surface area is 146 Å². The highest BCUT2D eigenvalue weighted by Crippen LogP contribution is 2.29. The van der Waals surface area contributed by atoms with Crippen molar-refractivity contribution in [2.75, 3.05) is 13.7 Å². The number of nitriles is 1.